The molecule has 1 aliphatic heterocycles. The van der Waals surface area contributed by atoms with E-state index in [0.717, 1.165) is 43.7 Å². The van der Waals surface area contributed by atoms with Gasteiger partial charge in [0.15, 0.2) is 0 Å². The quantitative estimate of drug-likeness (QED) is 0.415. The van der Waals surface area contributed by atoms with Gasteiger partial charge in [-0.3, -0.25) is 9.97 Å². The van der Waals surface area contributed by atoms with Crippen molar-refractivity contribution in [2.75, 3.05) is 14.2 Å². The van der Waals surface area contributed by atoms with E-state index < -0.39 is 11.9 Å². The van der Waals surface area contributed by atoms with E-state index in [1.54, 1.807) is 12.4 Å². The number of methoxy groups -OCH3 is 2. The fourth-order valence-electron chi connectivity index (χ4n) is 3.51. The fraction of sp³-hybridized carbons (Fsp3) is 0.0870. The van der Waals surface area contributed by atoms with Crippen molar-refractivity contribution in [1.82, 2.24) is 15.0 Å². The molecular weight excluding hydrogens is 446 g/mol. The monoisotopic (exact) mass is 461 g/mol. The molecule has 1 aliphatic carbocycles. The number of ether oxygens (including phenoxy) is 2. The van der Waals surface area contributed by atoms with Crippen LogP contribution in [0.4, 0.5) is 0 Å². The van der Waals surface area contributed by atoms with Crippen LogP contribution in [0.15, 0.2) is 68.9 Å². The van der Waals surface area contributed by atoms with Gasteiger partial charge in [-0.1, -0.05) is 35.7 Å². The minimum Gasteiger partial charge on any atom is -0.465 e. The molecule has 32 heavy (non-hydrogen) atoms. The van der Waals surface area contributed by atoms with Gasteiger partial charge in [-0.15, -0.1) is 0 Å². The van der Waals surface area contributed by atoms with Gasteiger partial charge in [0.05, 0.1) is 41.2 Å². The molecule has 3 aromatic rings. The fourth-order valence-corrected chi connectivity index (χ4v) is 6.13. The smallest absolute Gasteiger partial charge is 0.346 e. The molecule has 0 saturated heterocycles. The van der Waals surface area contributed by atoms with Gasteiger partial charge in [-0.05, 0) is 30.3 Å². The Kier molecular flexibility index (Phi) is 5.28. The molecule has 0 aromatic carbocycles. The highest BCUT2D eigenvalue weighted by atomic mass is 32.2. The van der Waals surface area contributed by atoms with Crippen LogP contribution in [-0.4, -0.2) is 41.1 Å². The molecule has 0 saturated carbocycles. The van der Waals surface area contributed by atoms with Gasteiger partial charge in [-0.25, -0.2) is 14.6 Å². The molecule has 9 heteroatoms. The minimum absolute atomic E-state index is 0.212. The lowest BCUT2D eigenvalue weighted by molar-refractivity contribution is -0.138. The second-order valence-corrected chi connectivity index (χ2v) is 9.01. The van der Waals surface area contributed by atoms with Crippen molar-refractivity contribution in [2.24, 2.45) is 0 Å². The van der Waals surface area contributed by atoms with Crippen LogP contribution in [-0.2, 0) is 19.1 Å². The second-order valence-electron chi connectivity index (χ2n) is 6.72. The Bertz CT molecular complexity index is 1310. The van der Waals surface area contributed by atoms with Crippen LogP contribution in [0.3, 0.4) is 0 Å². The molecule has 158 valence electrons. The molecule has 0 bridgehead atoms. The molecule has 4 heterocycles. The Balaban J connectivity index is 1.67. The first-order valence-corrected chi connectivity index (χ1v) is 11.1. The highest BCUT2D eigenvalue weighted by Gasteiger charge is 2.37. The first-order chi connectivity index (χ1) is 15.6. The van der Waals surface area contributed by atoms with Crippen LogP contribution < -0.4 is 0 Å². The Morgan fingerprint density at radius 2 is 1.44 bits per heavy atom. The number of rotatable bonds is 3. The number of thioether (sulfide) groups is 2. The van der Waals surface area contributed by atoms with Crippen LogP contribution in [0.2, 0.25) is 0 Å². The third-order valence-corrected chi connectivity index (χ3v) is 7.49. The molecule has 0 unspecified atom stereocenters. The highest BCUT2D eigenvalue weighted by Crippen LogP contribution is 2.57. The van der Waals surface area contributed by atoms with E-state index in [4.69, 9.17) is 14.5 Å². The molecule has 0 N–H and O–H groups in total. The van der Waals surface area contributed by atoms with Crippen LogP contribution in [0, 0.1) is 0 Å². The number of pyridine rings is 3. The van der Waals surface area contributed by atoms with Gasteiger partial charge >= 0.3 is 11.9 Å². The topological polar surface area (TPSA) is 91.3 Å². The maximum atomic E-state index is 12.3. The zero-order chi connectivity index (χ0) is 22.2. The van der Waals surface area contributed by atoms with E-state index in [-0.39, 0.29) is 9.81 Å². The second kappa shape index (κ2) is 8.25. The summed E-state index contributed by atoms with van der Waals surface area (Å²) in [6.45, 7) is 0. The molecule has 0 spiro atoms. The lowest BCUT2D eigenvalue weighted by Gasteiger charge is -2.07. The number of fused-ring (bicyclic) bond motifs is 3. The number of hydrogen-bond acceptors (Lipinski definition) is 9. The lowest BCUT2D eigenvalue weighted by atomic mass is 10.1. The van der Waals surface area contributed by atoms with Crippen molar-refractivity contribution in [1.29, 1.82) is 0 Å². The van der Waals surface area contributed by atoms with Crippen molar-refractivity contribution in [3.05, 3.63) is 80.0 Å². The largest absolute Gasteiger partial charge is 0.465 e. The van der Waals surface area contributed by atoms with Crippen LogP contribution >= 0.6 is 23.5 Å². The van der Waals surface area contributed by atoms with Crippen molar-refractivity contribution in [2.45, 2.75) is 0 Å². The summed E-state index contributed by atoms with van der Waals surface area (Å²) in [5, 5.41) is 0. The Morgan fingerprint density at radius 3 is 2.09 bits per heavy atom. The minimum atomic E-state index is -0.577. The average molecular weight is 462 g/mol. The predicted molar refractivity (Wildman–Crippen MR) is 123 cm³/mol. The molecule has 7 nitrogen and oxygen atoms in total. The van der Waals surface area contributed by atoms with E-state index in [1.807, 2.05) is 42.5 Å². The molecule has 0 fully saturated rings. The van der Waals surface area contributed by atoms with Crippen LogP contribution in [0.5, 0.6) is 0 Å². The Hall–Kier alpha value is -3.43. The Labute approximate surface area is 192 Å². The first-order valence-electron chi connectivity index (χ1n) is 9.52. The van der Waals surface area contributed by atoms with Crippen molar-refractivity contribution >= 4 is 41.0 Å². The molecule has 5 rings (SSSR count). The summed E-state index contributed by atoms with van der Waals surface area (Å²) in [7, 11) is 2.57. The summed E-state index contributed by atoms with van der Waals surface area (Å²) in [4.78, 5) is 38.9. The van der Waals surface area contributed by atoms with Crippen molar-refractivity contribution in [3.8, 4) is 22.8 Å². The van der Waals surface area contributed by atoms with E-state index >= 15 is 0 Å². The van der Waals surface area contributed by atoms with E-state index in [9.17, 15) is 9.59 Å². The van der Waals surface area contributed by atoms with Gasteiger partial charge < -0.3 is 9.47 Å². The number of carbonyl (C=O) groups excluding carboxylic acids is 2. The predicted octanol–water partition coefficient (Wildman–Crippen LogP) is 4.27. The maximum Gasteiger partial charge on any atom is 0.346 e. The summed E-state index contributed by atoms with van der Waals surface area (Å²) >= 11 is 2.40. The van der Waals surface area contributed by atoms with Crippen LogP contribution in [0.25, 0.3) is 28.3 Å². The summed E-state index contributed by atoms with van der Waals surface area (Å²) in [5.41, 5.74) is 5.62. The zero-order valence-electron chi connectivity index (χ0n) is 17.0. The third-order valence-electron chi connectivity index (χ3n) is 4.93. The van der Waals surface area contributed by atoms with Gasteiger partial charge in [0.1, 0.15) is 9.81 Å². The number of nitrogens with zero attached hydrogens (tertiary/aromatic N) is 3. The number of carbonyl (C=O) groups is 2. The summed E-state index contributed by atoms with van der Waals surface area (Å²) in [6, 6.07) is 13.4. The number of aromatic nitrogens is 3. The highest BCUT2D eigenvalue weighted by molar-refractivity contribution is 8.29. The first kappa shape index (κ1) is 20.5. The van der Waals surface area contributed by atoms with Crippen molar-refractivity contribution < 1.29 is 19.1 Å². The van der Waals surface area contributed by atoms with E-state index in [0.29, 0.717) is 0 Å². The number of hydrogen-bond donors (Lipinski definition) is 0. The van der Waals surface area contributed by atoms with Gasteiger partial charge in [0, 0.05) is 29.1 Å². The average Bonchev–Trinajstić information content (AvgIpc) is 3.42. The standard InChI is InChI=1S/C23H15N3O4S2/c1-29-21(27)19-20(22(28)30-2)32-23(31-19)16-12-6-5-11-25-17(12)18-13(16)8-9-15(26-18)14-7-3-4-10-24-14/h3-11H,1-2H3. The molecule has 0 radical (unpaired) electrons. The summed E-state index contributed by atoms with van der Waals surface area (Å²) < 4.78 is 10.5. The van der Waals surface area contributed by atoms with E-state index in [1.165, 1.54) is 37.7 Å². The Morgan fingerprint density at radius 1 is 0.750 bits per heavy atom. The lowest BCUT2D eigenvalue weighted by Crippen LogP contribution is -2.08. The molecular formula is C23H15N3O4S2. The van der Waals surface area contributed by atoms with Crippen molar-refractivity contribution in [3.63, 3.8) is 0 Å². The molecule has 0 atom stereocenters. The van der Waals surface area contributed by atoms with Gasteiger partial charge in [0.25, 0.3) is 0 Å². The molecule has 0 amide bonds. The normalized spacial score (nSPS) is 14.3. The molecule has 3 aromatic heterocycles. The van der Waals surface area contributed by atoms with E-state index in [2.05, 4.69) is 9.97 Å². The van der Waals surface area contributed by atoms with Crippen LogP contribution in [0.1, 0.15) is 11.1 Å². The summed E-state index contributed by atoms with van der Waals surface area (Å²) in [5.74, 6) is -1.15. The van der Waals surface area contributed by atoms with Gasteiger partial charge in [0.2, 0.25) is 0 Å². The van der Waals surface area contributed by atoms with Gasteiger partial charge in [-0.2, -0.15) is 0 Å². The maximum absolute atomic E-state index is 12.3. The molecule has 2 aliphatic rings. The summed E-state index contributed by atoms with van der Waals surface area (Å²) in [6.07, 6.45) is 3.45. The zero-order valence-corrected chi connectivity index (χ0v) is 18.6. The SMILES string of the molecule is COC(=O)C1=C(C(=O)OC)SC(=C2c3cccnc3-c3nc(-c4ccccn4)ccc32)S1. The number of esters is 2. The third kappa shape index (κ3) is 3.30.